The van der Waals surface area contributed by atoms with Gasteiger partial charge in [-0.25, -0.2) is 4.79 Å². The molecular formula is C31H42N2O3. The van der Waals surface area contributed by atoms with Crippen LogP contribution in [0.1, 0.15) is 105 Å². The minimum Gasteiger partial charge on any atom is -0.361 e. The van der Waals surface area contributed by atoms with Crippen molar-refractivity contribution < 1.29 is 14.1 Å². The number of carbonyl (C=O) groups is 1. The summed E-state index contributed by atoms with van der Waals surface area (Å²) in [4.78, 5) is 30.5. The maximum atomic E-state index is 14.4. The highest BCUT2D eigenvalue weighted by Gasteiger charge is 2.70. The molecule has 0 aromatic carbocycles. The fourth-order valence-electron chi connectivity index (χ4n) is 10.6. The first-order valence-electron chi connectivity index (χ1n) is 14.0. The fourth-order valence-corrected chi connectivity index (χ4v) is 10.6. The van der Waals surface area contributed by atoms with Crippen LogP contribution in [0.4, 0.5) is 0 Å². The molecule has 1 aromatic heterocycles. The summed E-state index contributed by atoms with van der Waals surface area (Å²) in [5.74, 6) is 1.70. The Morgan fingerprint density at radius 1 is 1.03 bits per heavy atom. The first-order valence-corrected chi connectivity index (χ1v) is 14.0. The first-order chi connectivity index (χ1) is 16.7. The fraction of sp³-hybridized carbons (Fsp3) is 0.774. The molecule has 5 heteroatoms. The smallest absolute Gasteiger partial charge is 0.235 e. The van der Waals surface area contributed by atoms with E-state index in [0.717, 1.165) is 57.1 Å². The lowest BCUT2D eigenvalue weighted by Crippen LogP contribution is -2.66. The van der Waals surface area contributed by atoms with Crippen molar-refractivity contribution in [3.8, 4) is 0 Å². The van der Waals surface area contributed by atoms with Crippen molar-refractivity contribution in [3.05, 3.63) is 29.2 Å². The van der Waals surface area contributed by atoms with E-state index in [1.54, 1.807) is 0 Å². The SMILES string of the molecule is CC1(C)CC[C@]2(N=C=O)CC[C@]3(C)[C@H](C(=O)C=C4[C@@]5(C)Cc6cnoc6C(C)(C)C5CC[C@]43C)[C@@H]2C1. The van der Waals surface area contributed by atoms with Gasteiger partial charge in [-0.05, 0) is 90.9 Å². The van der Waals surface area contributed by atoms with Gasteiger partial charge in [0.25, 0.3) is 0 Å². The number of aliphatic imine (C=N–C) groups is 1. The van der Waals surface area contributed by atoms with Crippen molar-refractivity contribution in [2.45, 2.75) is 111 Å². The molecule has 0 N–H and O–H groups in total. The number of rotatable bonds is 1. The first kappa shape index (κ1) is 24.3. The predicted octanol–water partition coefficient (Wildman–Crippen LogP) is 6.76. The summed E-state index contributed by atoms with van der Waals surface area (Å²) >= 11 is 0. The van der Waals surface area contributed by atoms with Gasteiger partial charge in [-0.1, -0.05) is 59.2 Å². The Balaban J connectivity index is 1.51. The largest absolute Gasteiger partial charge is 0.361 e. The average Bonchev–Trinajstić information content (AvgIpc) is 3.25. The molecule has 1 aromatic rings. The predicted molar refractivity (Wildman–Crippen MR) is 138 cm³/mol. The minimum atomic E-state index is -0.426. The van der Waals surface area contributed by atoms with Gasteiger partial charge in [-0.2, -0.15) is 4.99 Å². The zero-order valence-electron chi connectivity index (χ0n) is 23.2. The zero-order chi connectivity index (χ0) is 25.9. The Morgan fingerprint density at radius 3 is 2.47 bits per heavy atom. The number of allylic oxidation sites excluding steroid dienone is 2. The number of ketones is 1. The van der Waals surface area contributed by atoms with Gasteiger partial charge in [0.15, 0.2) is 5.78 Å². The molecule has 3 fully saturated rings. The average molecular weight is 491 g/mol. The molecule has 0 spiro atoms. The van der Waals surface area contributed by atoms with Crippen LogP contribution in [0, 0.1) is 39.4 Å². The number of nitrogens with zero attached hydrogens (tertiary/aromatic N) is 2. The second-order valence-corrected chi connectivity index (χ2v) is 15.1. The van der Waals surface area contributed by atoms with E-state index < -0.39 is 5.54 Å². The molecule has 1 heterocycles. The highest BCUT2D eigenvalue weighted by molar-refractivity contribution is 5.95. The number of aromatic nitrogens is 1. The van der Waals surface area contributed by atoms with Crippen LogP contribution in [0.25, 0.3) is 0 Å². The van der Waals surface area contributed by atoms with E-state index >= 15 is 0 Å². The number of fused-ring (bicyclic) bond motifs is 8. The van der Waals surface area contributed by atoms with Gasteiger partial charge in [-0.15, -0.1) is 0 Å². The molecule has 36 heavy (non-hydrogen) atoms. The summed E-state index contributed by atoms with van der Waals surface area (Å²) < 4.78 is 5.79. The molecule has 0 bridgehead atoms. The monoisotopic (exact) mass is 490 g/mol. The van der Waals surface area contributed by atoms with E-state index in [2.05, 4.69) is 64.7 Å². The standard InChI is InChI=1S/C31H42N2O3/c1-26(2)10-12-31(32-18-34)13-11-30(7)24(20(31)16-26)21(35)14-23-28(5)15-19-17-33-36-25(19)27(3,4)22(28)8-9-29(23,30)6/h14,17,20,22,24H,8-13,15-16H2,1-7H3/t20-,22?,24-,28-,29+,30+,31-/m0/s1. The Hall–Kier alpha value is -2.00. The number of carbonyl (C=O) groups excluding carboxylic acids is 2. The summed E-state index contributed by atoms with van der Waals surface area (Å²) in [6, 6.07) is 0. The van der Waals surface area contributed by atoms with E-state index in [1.165, 1.54) is 11.1 Å². The maximum absolute atomic E-state index is 14.4. The lowest BCUT2D eigenvalue weighted by molar-refractivity contribution is -0.157. The number of isocyanates is 1. The van der Waals surface area contributed by atoms with E-state index in [0.29, 0.717) is 5.92 Å². The van der Waals surface area contributed by atoms with Crippen LogP contribution >= 0.6 is 0 Å². The molecule has 5 nitrogen and oxygen atoms in total. The zero-order valence-corrected chi connectivity index (χ0v) is 23.2. The molecule has 0 saturated heterocycles. The van der Waals surface area contributed by atoms with Crippen LogP contribution in [-0.4, -0.2) is 22.6 Å². The van der Waals surface area contributed by atoms with Crippen molar-refractivity contribution >= 4 is 11.9 Å². The Labute approximate surface area is 215 Å². The van der Waals surface area contributed by atoms with Crippen LogP contribution in [0.5, 0.6) is 0 Å². The van der Waals surface area contributed by atoms with Crippen LogP contribution in [0.15, 0.2) is 27.4 Å². The Bertz CT molecular complexity index is 1220. The molecule has 6 rings (SSSR count). The van der Waals surface area contributed by atoms with Gasteiger partial charge in [0.05, 0.1) is 11.7 Å². The van der Waals surface area contributed by atoms with Crippen molar-refractivity contribution in [1.29, 1.82) is 0 Å². The van der Waals surface area contributed by atoms with E-state index in [9.17, 15) is 9.59 Å². The lowest BCUT2D eigenvalue weighted by atomic mass is 9.35. The summed E-state index contributed by atoms with van der Waals surface area (Å²) in [5.41, 5.74) is 1.82. The van der Waals surface area contributed by atoms with Gasteiger partial charge >= 0.3 is 0 Å². The summed E-state index contributed by atoms with van der Waals surface area (Å²) in [6.45, 7) is 16.5. The third-order valence-electron chi connectivity index (χ3n) is 12.6. The number of hydrogen-bond acceptors (Lipinski definition) is 5. The van der Waals surface area contributed by atoms with Gasteiger partial charge < -0.3 is 4.52 Å². The van der Waals surface area contributed by atoms with Crippen LogP contribution in [-0.2, 0) is 21.4 Å². The normalized spacial score (nSPS) is 46.1. The second-order valence-electron chi connectivity index (χ2n) is 15.1. The summed E-state index contributed by atoms with van der Waals surface area (Å²) in [7, 11) is 0. The van der Waals surface area contributed by atoms with E-state index in [1.807, 2.05) is 12.3 Å². The Kier molecular flexibility index (Phi) is 4.80. The van der Waals surface area contributed by atoms with Crippen LogP contribution < -0.4 is 0 Å². The molecule has 7 atom stereocenters. The third-order valence-corrected chi connectivity index (χ3v) is 12.6. The highest BCUT2D eigenvalue weighted by atomic mass is 16.5. The van der Waals surface area contributed by atoms with Crippen molar-refractivity contribution in [1.82, 2.24) is 5.16 Å². The molecule has 0 radical (unpaired) electrons. The van der Waals surface area contributed by atoms with Crippen LogP contribution in [0.3, 0.4) is 0 Å². The lowest BCUT2D eigenvalue weighted by Gasteiger charge is -2.69. The summed E-state index contributed by atoms with van der Waals surface area (Å²) in [5, 5.41) is 4.18. The number of hydrogen-bond donors (Lipinski definition) is 0. The van der Waals surface area contributed by atoms with Gasteiger partial charge in [-0.3, -0.25) is 4.79 Å². The summed E-state index contributed by atoms with van der Waals surface area (Å²) in [6.07, 6.45) is 13.7. The third kappa shape index (κ3) is 2.79. The molecule has 5 aliphatic carbocycles. The minimum absolute atomic E-state index is 0.0692. The molecule has 0 amide bonds. The molecule has 3 saturated carbocycles. The Morgan fingerprint density at radius 2 is 1.75 bits per heavy atom. The topological polar surface area (TPSA) is 72.5 Å². The van der Waals surface area contributed by atoms with Gasteiger partial charge in [0.2, 0.25) is 6.08 Å². The molecular weight excluding hydrogens is 448 g/mol. The van der Waals surface area contributed by atoms with Gasteiger partial charge in [0.1, 0.15) is 5.76 Å². The quantitative estimate of drug-likeness (QED) is 0.322. The highest BCUT2D eigenvalue weighted by Crippen LogP contribution is 2.74. The van der Waals surface area contributed by atoms with E-state index in [-0.39, 0.29) is 44.7 Å². The van der Waals surface area contributed by atoms with Crippen LogP contribution in [0.2, 0.25) is 0 Å². The molecule has 0 aliphatic heterocycles. The van der Waals surface area contributed by atoms with Gasteiger partial charge in [0, 0.05) is 16.9 Å². The maximum Gasteiger partial charge on any atom is 0.235 e. The molecule has 1 unspecified atom stereocenters. The van der Waals surface area contributed by atoms with E-state index in [4.69, 9.17) is 4.52 Å². The molecule has 5 aliphatic rings. The molecule has 194 valence electrons. The second kappa shape index (κ2) is 7.10. The van der Waals surface area contributed by atoms with Crippen molar-refractivity contribution in [3.63, 3.8) is 0 Å². The van der Waals surface area contributed by atoms with Crippen molar-refractivity contribution in [2.24, 2.45) is 44.4 Å². The van der Waals surface area contributed by atoms with Crippen molar-refractivity contribution in [2.75, 3.05) is 0 Å².